The summed E-state index contributed by atoms with van der Waals surface area (Å²) in [5.74, 6) is 2.15. The smallest absolute Gasteiger partial charge is 0.160 e. The number of rotatable bonds is 4. The maximum absolute atomic E-state index is 5.91. The minimum atomic E-state index is 0.307. The van der Waals surface area contributed by atoms with Crippen molar-refractivity contribution in [3.8, 4) is 0 Å². The number of aromatic nitrogens is 3. The minimum absolute atomic E-state index is 0.307. The second-order valence-electron chi connectivity index (χ2n) is 5.50. The molecule has 4 nitrogen and oxygen atoms in total. The van der Waals surface area contributed by atoms with E-state index in [2.05, 4.69) is 21.5 Å². The van der Waals surface area contributed by atoms with Crippen LogP contribution in [0.4, 0.5) is 0 Å². The van der Waals surface area contributed by atoms with Gasteiger partial charge < -0.3 is 9.30 Å². The van der Waals surface area contributed by atoms with Crippen LogP contribution >= 0.6 is 11.6 Å². The van der Waals surface area contributed by atoms with Crippen molar-refractivity contribution >= 4 is 22.8 Å². The number of halogens is 1. The summed E-state index contributed by atoms with van der Waals surface area (Å²) in [6.45, 7) is 5.94. The zero-order valence-electron chi connectivity index (χ0n) is 12.0. The van der Waals surface area contributed by atoms with E-state index in [1.54, 1.807) is 0 Å². The van der Waals surface area contributed by atoms with Gasteiger partial charge in [0, 0.05) is 37.1 Å². The van der Waals surface area contributed by atoms with Crippen molar-refractivity contribution in [1.29, 1.82) is 0 Å². The van der Waals surface area contributed by atoms with Gasteiger partial charge >= 0.3 is 0 Å². The molecular weight excluding hydrogens is 274 g/mol. The van der Waals surface area contributed by atoms with E-state index in [4.69, 9.17) is 16.3 Å². The molecule has 0 aromatic carbocycles. The average Bonchev–Trinajstić information content (AvgIpc) is 2.96. The normalized spacial score (nSPS) is 22.8. The van der Waals surface area contributed by atoms with Crippen LogP contribution in [0, 0.1) is 12.8 Å². The SMILES string of the molecule is Cc1ccc2nc(CCCl)n(CC3CCOC3C)c2n1. The van der Waals surface area contributed by atoms with Crippen LogP contribution in [-0.4, -0.2) is 33.1 Å². The van der Waals surface area contributed by atoms with E-state index in [-0.39, 0.29) is 0 Å². The molecule has 1 saturated heterocycles. The third-order valence-electron chi connectivity index (χ3n) is 4.08. The van der Waals surface area contributed by atoms with Crippen molar-refractivity contribution in [2.24, 2.45) is 5.92 Å². The monoisotopic (exact) mass is 293 g/mol. The third kappa shape index (κ3) is 2.54. The lowest BCUT2D eigenvalue weighted by atomic mass is 10.0. The first kappa shape index (κ1) is 13.8. The lowest BCUT2D eigenvalue weighted by Gasteiger charge is -2.16. The molecule has 3 heterocycles. The topological polar surface area (TPSA) is 39.9 Å². The van der Waals surface area contributed by atoms with Gasteiger partial charge in [0.15, 0.2) is 5.65 Å². The van der Waals surface area contributed by atoms with Crippen molar-refractivity contribution in [2.75, 3.05) is 12.5 Å². The molecule has 1 aliphatic heterocycles. The predicted molar refractivity (Wildman–Crippen MR) is 80.2 cm³/mol. The summed E-state index contributed by atoms with van der Waals surface area (Å²) in [6.07, 6.45) is 2.19. The van der Waals surface area contributed by atoms with Crippen molar-refractivity contribution in [3.05, 3.63) is 23.7 Å². The van der Waals surface area contributed by atoms with Gasteiger partial charge in [-0.25, -0.2) is 9.97 Å². The maximum atomic E-state index is 5.91. The van der Waals surface area contributed by atoms with Crippen LogP contribution in [0.1, 0.15) is 24.9 Å². The second kappa shape index (κ2) is 5.70. The van der Waals surface area contributed by atoms with Gasteiger partial charge in [0.25, 0.3) is 0 Å². The summed E-state index contributed by atoms with van der Waals surface area (Å²) in [6, 6.07) is 4.05. The summed E-state index contributed by atoms with van der Waals surface area (Å²) in [7, 11) is 0. The number of fused-ring (bicyclic) bond motifs is 1. The first-order chi connectivity index (χ1) is 9.69. The molecule has 0 N–H and O–H groups in total. The van der Waals surface area contributed by atoms with E-state index in [1.165, 1.54) is 0 Å². The molecule has 5 heteroatoms. The number of imidazole rings is 1. The molecule has 1 aliphatic rings. The van der Waals surface area contributed by atoms with Gasteiger partial charge in [0.05, 0.1) is 6.10 Å². The molecular formula is C15H20ClN3O. The van der Waals surface area contributed by atoms with Gasteiger partial charge in [-0.1, -0.05) is 0 Å². The van der Waals surface area contributed by atoms with Crippen LogP contribution in [0.3, 0.4) is 0 Å². The van der Waals surface area contributed by atoms with Gasteiger partial charge in [-0.15, -0.1) is 11.6 Å². The Hall–Kier alpha value is -1.13. The molecule has 2 atom stereocenters. The van der Waals surface area contributed by atoms with Crippen molar-refractivity contribution in [1.82, 2.24) is 14.5 Å². The lowest BCUT2D eigenvalue weighted by Crippen LogP contribution is -2.19. The molecule has 108 valence electrons. The number of aryl methyl sites for hydroxylation is 2. The highest BCUT2D eigenvalue weighted by atomic mass is 35.5. The molecule has 0 saturated carbocycles. The van der Waals surface area contributed by atoms with E-state index in [0.29, 0.717) is 17.9 Å². The van der Waals surface area contributed by atoms with E-state index in [9.17, 15) is 0 Å². The number of nitrogens with zero attached hydrogens (tertiary/aromatic N) is 3. The molecule has 2 aromatic heterocycles. The fourth-order valence-electron chi connectivity index (χ4n) is 2.86. The number of alkyl halides is 1. The molecule has 0 bridgehead atoms. The maximum Gasteiger partial charge on any atom is 0.160 e. The molecule has 3 rings (SSSR count). The van der Waals surface area contributed by atoms with E-state index < -0.39 is 0 Å². The Bertz CT molecular complexity index is 610. The van der Waals surface area contributed by atoms with E-state index in [0.717, 1.165) is 48.7 Å². The van der Waals surface area contributed by atoms with E-state index >= 15 is 0 Å². The molecule has 0 radical (unpaired) electrons. The minimum Gasteiger partial charge on any atom is -0.378 e. The molecule has 20 heavy (non-hydrogen) atoms. The highest BCUT2D eigenvalue weighted by Crippen LogP contribution is 2.25. The van der Waals surface area contributed by atoms with Crippen LogP contribution in [-0.2, 0) is 17.7 Å². The Kier molecular flexibility index (Phi) is 3.94. The van der Waals surface area contributed by atoms with Crippen molar-refractivity contribution in [2.45, 2.75) is 39.3 Å². The van der Waals surface area contributed by atoms with Gasteiger partial charge in [-0.2, -0.15) is 0 Å². The second-order valence-corrected chi connectivity index (χ2v) is 5.88. The summed E-state index contributed by atoms with van der Waals surface area (Å²) in [5, 5.41) is 0. The summed E-state index contributed by atoms with van der Waals surface area (Å²) >= 11 is 5.91. The zero-order valence-corrected chi connectivity index (χ0v) is 12.7. The first-order valence-electron chi connectivity index (χ1n) is 7.19. The summed E-state index contributed by atoms with van der Waals surface area (Å²) < 4.78 is 7.91. The fraction of sp³-hybridized carbons (Fsp3) is 0.600. The van der Waals surface area contributed by atoms with Crippen LogP contribution in [0.15, 0.2) is 12.1 Å². The zero-order chi connectivity index (χ0) is 14.1. The van der Waals surface area contributed by atoms with Gasteiger partial charge in [0.2, 0.25) is 0 Å². The first-order valence-corrected chi connectivity index (χ1v) is 7.73. The molecule has 0 spiro atoms. The number of ether oxygens (including phenoxy) is 1. The van der Waals surface area contributed by atoms with Crippen LogP contribution in [0.2, 0.25) is 0 Å². The highest BCUT2D eigenvalue weighted by Gasteiger charge is 2.26. The summed E-state index contributed by atoms with van der Waals surface area (Å²) in [5.41, 5.74) is 2.96. The van der Waals surface area contributed by atoms with Gasteiger partial charge in [-0.05, 0) is 32.4 Å². The Labute approximate surface area is 124 Å². The van der Waals surface area contributed by atoms with Gasteiger partial charge in [-0.3, -0.25) is 0 Å². The number of hydrogen-bond acceptors (Lipinski definition) is 3. The van der Waals surface area contributed by atoms with Crippen LogP contribution in [0.5, 0.6) is 0 Å². The number of pyridine rings is 1. The van der Waals surface area contributed by atoms with Crippen LogP contribution < -0.4 is 0 Å². The molecule has 0 amide bonds. The predicted octanol–water partition coefficient (Wildman–Crippen LogP) is 2.95. The molecule has 1 fully saturated rings. The van der Waals surface area contributed by atoms with Crippen molar-refractivity contribution in [3.63, 3.8) is 0 Å². The molecule has 2 unspecified atom stereocenters. The van der Waals surface area contributed by atoms with E-state index in [1.807, 2.05) is 19.1 Å². The Morgan fingerprint density at radius 1 is 1.40 bits per heavy atom. The lowest BCUT2D eigenvalue weighted by molar-refractivity contribution is 0.102. The third-order valence-corrected chi connectivity index (χ3v) is 4.27. The molecule has 2 aromatic rings. The fourth-order valence-corrected chi connectivity index (χ4v) is 3.03. The molecule has 0 aliphatic carbocycles. The Balaban J connectivity index is 2.01. The van der Waals surface area contributed by atoms with Crippen molar-refractivity contribution < 1.29 is 4.74 Å². The Morgan fingerprint density at radius 2 is 2.25 bits per heavy atom. The largest absolute Gasteiger partial charge is 0.378 e. The quantitative estimate of drug-likeness (QED) is 0.814. The van der Waals surface area contributed by atoms with Gasteiger partial charge in [0.1, 0.15) is 11.3 Å². The number of hydrogen-bond donors (Lipinski definition) is 0. The summed E-state index contributed by atoms with van der Waals surface area (Å²) in [4.78, 5) is 9.35. The van der Waals surface area contributed by atoms with Crippen LogP contribution in [0.25, 0.3) is 11.2 Å². The Morgan fingerprint density at radius 3 is 2.95 bits per heavy atom. The average molecular weight is 294 g/mol. The highest BCUT2D eigenvalue weighted by molar-refractivity contribution is 6.17. The standard InChI is InChI=1S/C15H20ClN3O/c1-10-3-4-13-15(17-10)19(14(18-13)5-7-16)9-12-6-8-20-11(12)2/h3-4,11-12H,5-9H2,1-2H3.